The fourth-order valence-corrected chi connectivity index (χ4v) is 0.682. The Labute approximate surface area is 82.0 Å². The zero-order valence-electron chi connectivity index (χ0n) is 7.98. The number of carbonyl (C=O) groups excluding carboxylic acids is 1. The molecule has 1 atom stereocenters. The maximum atomic E-state index is 11.1. The molecule has 0 radical (unpaired) electrons. The Morgan fingerprint density at radius 2 is 2.08 bits per heavy atom. The molecule has 12 heavy (non-hydrogen) atoms. The van der Waals surface area contributed by atoms with Gasteiger partial charge in [-0.05, 0) is 27.7 Å². The van der Waals surface area contributed by atoms with Crippen molar-refractivity contribution in [3.8, 4) is 0 Å². The second-order valence-corrected chi connectivity index (χ2v) is 4.39. The highest BCUT2D eigenvalue weighted by molar-refractivity contribution is 9.09. The average molecular weight is 238 g/mol. The molecule has 72 valence electrons. The van der Waals surface area contributed by atoms with E-state index in [1.807, 2.05) is 27.7 Å². The standard InChI is InChI=1S/C8H16BrNO2/c1-6(5-9)12-7(11)10-8(2,3)4/h6H,5H2,1-4H3,(H,10,11). The minimum atomic E-state index is -0.366. The van der Waals surface area contributed by atoms with Gasteiger partial charge in [-0.25, -0.2) is 4.79 Å². The van der Waals surface area contributed by atoms with Gasteiger partial charge >= 0.3 is 6.09 Å². The summed E-state index contributed by atoms with van der Waals surface area (Å²) in [6.07, 6.45) is -0.457. The monoisotopic (exact) mass is 237 g/mol. The fraction of sp³-hybridized carbons (Fsp3) is 0.875. The summed E-state index contributed by atoms with van der Waals surface area (Å²) in [4.78, 5) is 11.1. The summed E-state index contributed by atoms with van der Waals surface area (Å²) in [5.74, 6) is 0. The van der Waals surface area contributed by atoms with Crippen LogP contribution in [0.5, 0.6) is 0 Å². The van der Waals surface area contributed by atoms with E-state index in [1.54, 1.807) is 0 Å². The van der Waals surface area contributed by atoms with Crippen LogP contribution in [0.1, 0.15) is 27.7 Å². The Bertz CT molecular complexity index is 154. The summed E-state index contributed by atoms with van der Waals surface area (Å²) in [6.45, 7) is 7.56. The van der Waals surface area contributed by atoms with Gasteiger partial charge in [-0.1, -0.05) is 15.9 Å². The number of rotatable bonds is 2. The first-order valence-electron chi connectivity index (χ1n) is 3.90. The average Bonchev–Trinajstić information content (AvgIpc) is 1.82. The van der Waals surface area contributed by atoms with E-state index >= 15 is 0 Å². The summed E-state index contributed by atoms with van der Waals surface area (Å²) in [5.41, 5.74) is -0.233. The van der Waals surface area contributed by atoms with Crippen LogP contribution in [0.4, 0.5) is 4.79 Å². The largest absolute Gasteiger partial charge is 0.446 e. The number of halogens is 1. The molecule has 1 amide bonds. The molecule has 0 spiro atoms. The molecule has 0 aromatic carbocycles. The topological polar surface area (TPSA) is 38.3 Å². The van der Waals surface area contributed by atoms with Gasteiger partial charge in [0.25, 0.3) is 0 Å². The highest BCUT2D eigenvalue weighted by Crippen LogP contribution is 2.01. The number of alkyl halides is 1. The highest BCUT2D eigenvalue weighted by atomic mass is 79.9. The third kappa shape index (κ3) is 6.46. The molecule has 3 nitrogen and oxygen atoms in total. The van der Waals surface area contributed by atoms with Crippen LogP contribution in [0, 0.1) is 0 Å². The van der Waals surface area contributed by atoms with Gasteiger partial charge in [-0.3, -0.25) is 0 Å². The van der Waals surface area contributed by atoms with Crippen molar-refractivity contribution in [2.45, 2.75) is 39.3 Å². The maximum Gasteiger partial charge on any atom is 0.407 e. The summed E-state index contributed by atoms with van der Waals surface area (Å²) >= 11 is 3.22. The smallest absolute Gasteiger partial charge is 0.407 e. The van der Waals surface area contributed by atoms with Crippen LogP contribution in [-0.4, -0.2) is 23.1 Å². The fourth-order valence-electron chi connectivity index (χ4n) is 0.550. The zero-order valence-corrected chi connectivity index (χ0v) is 9.56. The molecule has 0 fully saturated rings. The molecule has 0 aliphatic carbocycles. The summed E-state index contributed by atoms with van der Waals surface area (Å²) in [6, 6.07) is 0. The lowest BCUT2D eigenvalue weighted by Gasteiger charge is -2.21. The molecule has 0 saturated carbocycles. The molecule has 0 aliphatic rings. The van der Waals surface area contributed by atoms with Crippen molar-refractivity contribution in [2.24, 2.45) is 0 Å². The molecule has 0 bridgehead atoms. The van der Waals surface area contributed by atoms with Gasteiger partial charge < -0.3 is 10.1 Å². The SMILES string of the molecule is CC(CBr)OC(=O)NC(C)(C)C. The Morgan fingerprint density at radius 1 is 1.58 bits per heavy atom. The Balaban J connectivity index is 3.75. The van der Waals surface area contributed by atoms with Gasteiger partial charge in [0.05, 0.1) is 0 Å². The maximum absolute atomic E-state index is 11.1. The number of ether oxygens (including phenoxy) is 1. The van der Waals surface area contributed by atoms with Gasteiger partial charge in [0.1, 0.15) is 6.10 Å². The lowest BCUT2D eigenvalue weighted by atomic mass is 10.1. The van der Waals surface area contributed by atoms with Crippen LogP contribution in [0.2, 0.25) is 0 Å². The van der Waals surface area contributed by atoms with Crippen LogP contribution in [0.3, 0.4) is 0 Å². The lowest BCUT2D eigenvalue weighted by Crippen LogP contribution is -2.42. The van der Waals surface area contributed by atoms with Crippen molar-refractivity contribution in [3.05, 3.63) is 0 Å². The minimum Gasteiger partial charge on any atom is -0.446 e. The quantitative estimate of drug-likeness (QED) is 0.749. The molecule has 0 aromatic rings. The first-order valence-corrected chi connectivity index (χ1v) is 5.02. The minimum absolute atomic E-state index is 0.0904. The molecule has 1 unspecified atom stereocenters. The van der Waals surface area contributed by atoms with Gasteiger partial charge in [0, 0.05) is 10.9 Å². The van der Waals surface area contributed by atoms with Crippen molar-refractivity contribution in [1.82, 2.24) is 5.32 Å². The van der Waals surface area contributed by atoms with Crippen molar-refractivity contribution in [1.29, 1.82) is 0 Å². The first-order chi connectivity index (χ1) is 5.35. The van der Waals surface area contributed by atoms with Crippen molar-refractivity contribution in [2.75, 3.05) is 5.33 Å². The van der Waals surface area contributed by atoms with E-state index in [0.29, 0.717) is 5.33 Å². The van der Waals surface area contributed by atoms with E-state index < -0.39 is 0 Å². The summed E-state index contributed by atoms with van der Waals surface area (Å²) < 4.78 is 4.98. The second kappa shape index (κ2) is 4.70. The van der Waals surface area contributed by atoms with E-state index in [-0.39, 0.29) is 17.7 Å². The normalized spacial score (nSPS) is 13.8. The molecule has 0 saturated heterocycles. The Morgan fingerprint density at radius 3 is 2.42 bits per heavy atom. The predicted molar refractivity (Wildman–Crippen MR) is 52.6 cm³/mol. The van der Waals surface area contributed by atoms with E-state index in [0.717, 1.165) is 0 Å². The van der Waals surface area contributed by atoms with Gasteiger partial charge in [-0.15, -0.1) is 0 Å². The molecular weight excluding hydrogens is 222 g/mol. The summed E-state index contributed by atoms with van der Waals surface area (Å²) in [7, 11) is 0. The number of nitrogens with one attached hydrogen (secondary N) is 1. The predicted octanol–water partition coefficient (Wildman–Crippen LogP) is 2.29. The van der Waals surface area contributed by atoms with Gasteiger partial charge in [0.2, 0.25) is 0 Å². The van der Waals surface area contributed by atoms with Crippen LogP contribution in [0.15, 0.2) is 0 Å². The van der Waals surface area contributed by atoms with E-state index in [2.05, 4.69) is 21.2 Å². The van der Waals surface area contributed by atoms with E-state index in [4.69, 9.17) is 4.74 Å². The lowest BCUT2D eigenvalue weighted by molar-refractivity contribution is 0.111. The van der Waals surface area contributed by atoms with Crippen LogP contribution < -0.4 is 5.32 Å². The van der Waals surface area contributed by atoms with E-state index in [1.165, 1.54) is 0 Å². The van der Waals surface area contributed by atoms with Crippen molar-refractivity contribution in [3.63, 3.8) is 0 Å². The Hall–Kier alpha value is -0.250. The number of hydrogen-bond acceptors (Lipinski definition) is 2. The molecule has 0 aromatic heterocycles. The summed E-state index contributed by atoms with van der Waals surface area (Å²) in [5, 5.41) is 3.36. The zero-order chi connectivity index (χ0) is 9.78. The third-order valence-electron chi connectivity index (χ3n) is 1.00. The first kappa shape index (κ1) is 11.8. The molecule has 0 rings (SSSR count). The highest BCUT2D eigenvalue weighted by Gasteiger charge is 2.15. The number of alkyl carbamates (subject to hydrolysis) is 1. The third-order valence-corrected chi connectivity index (χ3v) is 1.91. The van der Waals surface area contributed by atoms with Crippen LogP contribution in [0.25, 0.3) is 0 Å². The number of amides is 1. The number of hydrogen-bond donors (Lipinski definition) is 1. The molecule has 0 heterocycles. The van der Waals surface area contributed by atoms with Crippen molar-refractivity contribution < 1.29 is 9.53 Å². The van der Waals surface area contributed by atoms with Crippen LogP contribution >= 0.6 is 15.9 Å². The van der Waals surface area contributed by atoms with E-state index in [9.17, 15) is 4.79 Å². The molecule has 1 N–H and O–H groups in total. The van der Waals surface area contributed by atoms with Crippen LogP contribution in [-0.2, 0) is 4.74 Å². The van der Waals surface area contributed by atoms with Gasteiger partial charge in [0.15, 0.2) is 0 Å². The molecule has 0 aliphatic heterocycles. The molecular formula is C8H16BrNO2. The Kier molecular flexibility index (Phi) is 4.60. The molecule has 4 heteroatoms. The van der Waals surface area contributed by atoms with Crippen molar-refractivity contribution >= 4 is 22.0 Å². The number of carbonyl (C=O) groups is 1. The second-order valence-electron chi connectivity index (χ2n) is 3.75. The van der Waals surface area contributed by atoms with Gasteiger partial charge in [-0.2, -0.15) is 0 Å².